The minimum absolute atomic E-state index is 0.0648. The van der Waals surface area contributed by atoms with Gasteiger partial charge in [-0.2, -0.15) is 0 Å². The van der Waals surface area contributed by atoms with Gasteiger partial charge < -0.3 is 20.1 Å². The van der Waals surface area contributed by atoms with Gasteiger partial charge in [0.25, 0.3) is 0 Å². The molecule has 0 fully saturated rings. The van der Waals surface area contributed by atoms with Gasteiger partial charge in [-0.25, -0.2) is 4.39 Å². The second kappa shape index (κ2) is 5.79. The predicted octanol–water partition coefficient (Wildman–Crippen LogP) is 0.611. The molecule has 4 nitrogen and oxygen atoms in total. The van der Waals surface area contributed by atoms with Crippen molar-refractivity contribution in [2.45, 2.75) is 19.1 Å². The summed E-state index contributed by atoms with van der Waals surface area (Å²) in [5.41, 5.74) is -0.0648. The van der Waals surface area contributed by atoms with E-state index < -0.39 is 24.6 Å². The minimum atomic E-state index is -1.44. The molecule has 0 saturated carbocycles. The van der Waals surface area contributed by atoms with Crippen LogP contribution in [-0.4, -0.2) is 34.6 Å². The summed E-state index contributed by atoms with van der Waals surface area (Å²) in [5, 5.41) is 27.3. The predicted molar refractivity (Wildman–Crippen MR) is 55.6 cm³/mol. The Kier molecular flexibility index (Phi) is 4.67. The second-order valence-corrected chi connectivity index (χ2v) is 3.31. The molecule has 0 bridgehead atoms. The molecular weight excluding hydrogens is 215 g/mol. The first-order valence-corrected chi connectivity index (χ1v) is 4.99. The molecule has 0 aliphatic heterocycles. The van der Waals surface area contributed by atoms with Gasteiger partial charge in [0.1, 0.15) is 23.8 Å². The van der Waals surface area contributed by atoms with Gasteiger partial charge in [-0.3, -0.25) is 0 Å². The molecule has 3 N–H and O–H groups in total. The van der Waals surface area contributed by atoms with Crippen molar-refractivity contribution >= 4 is 0 Å². The average molecular weight is 230 g/mol. The summed E-state index contributed by atoms with van der Waals surface area (Å²) in [6.45, 7) is 1.56. The molecular formula is C11H15FO4. The lowest BCUT2D eigenvalue weighted by Gasteiger charge is -2.17. The largest absolute Gasteiger partial charge is 0.494 e. The Morgan fingerprint density at radius 2 is 2.06 bits per heavy atom. The first kappa shape index (κ1) is 12.9. The molecule has 2 unspecified atom stereocenters. The molecule has 0 aliphatic rings. The zero-order valence-corrected chi connectivity index (χ0v) is 8.93. The molecule has 5 heteroatoms. The first-order valence-electron chi connectivity index (χ1n) is 4.99. The molecule has 16 heavy (non-hydrogen) atoms. The van der Waals surface area contributed by atoms with E-state index in [2.05, 4.69) is 0 Å². The van der Waals surface area contributed by atoms with E-state index >= 15 is 0 Å². The third kappa shape index (κ3) is 2.91. The van der Waals surface area contributed by atoms with Crippen LogP contribution in [0.2, 0.25) is 0 Å². The number of benzene rings is 1. The van der Waals surface area contributed by atoms with E-state index in [9.17, 15) is 14.6 Å². The lowest BCUT2D eigenvalue weighted by atomic mass is 10.0. The van der Waals surface area contributed by atoms with Crippen molar-refractivity contribution in [1.82, 2.24) is 0 Å². The molecule has 0 heterocycles. The Bertz CT molecular complexity index is 343. The quantitative estimate of drug-likeness (QED) is 0.693. The molecule has 2 atom stereocenters. The SMILES string of the molecule is CCOc1ccc(C(O)C(O)CO)c(F)c1. The summed E-state index contributed by atoms with van der Waals surface area (Å²) in [5.74, 6) is -0.319. The summed E-state index contributed by atoms with van der Waals surface area (Å²) in [7, 11) is 0. The van der Waals surface area contributed by atoms with Crippen molar-refractivity contribution in [3.05, 3.63) is 29.6 Å². The normalized spacial score (nSPS) is 14.6. The van der Waals surface area contributed by atoms with Crippen LogP contribution in [0.4, 0.5) is 4.39 Å². The van der Waals surface area contributed by atoms with Gasteiger partial charge >= 0.3 is 0 Å². The molecule has 0 aromatic heterocycles. The van der Waals surface area contributed by atoms with Gasteiger partial charge in [-0.1, -0.05) is 0 Å². The molecule has 0 spiro atoms. The highest BCUT2D eigenvalue weighted by Crippen LogP contribution is 2.24. The van der Waals surface area contributed by atoms with E-state index in [-0.39, 0.29) is 5.56 Å². The van der Waals surface area contributed by atoms with Crippen molar-refractivity contribution < 1.29 is 24.4 Å². The van der Waals surface area contributed by atoms with Crippen LogP contribution in [0.25, 0.3) is 0 Å². The average Bonchev–Trinajstić information content (AvgIpc) is 2.28. The van der Waals surface area contributed by atoms with E-state index in [0.717, 1.165) is 6.07 Å². The fourth-order valence-electron chi connectivity index (χ4n) is 1.31. The van der Waals surface area contributed by atoms with Crippen molar-refractivity contribution in [3.63, 3.8) is 0 Å². The van der Waals surface area contributed by atoms with Crippen molar-refractivity contribution in [2.75, 3.05) is 13.2 Å². The molecule has 1 aromatic carbocycles. The Morgan fingerprint density at radius 3 is 2.56 bits per heavy atom. The number of aliphatic hydroxyl groups excluding tert-OH is 3. The number of hydrogen-bond donors (Lipinski definition) is 3. The Morgan fingerprint density at radius 1 is 1.38 bits per heavy atom. The molecule has 0 aliphatic carbocycles. The van der Waals surface area contributed by atoms with E-state index in [4.69, 9.17) is 9.84 Å². The van der Waals surface area contributed by atoms with Gasteiger partial charge in [-0.05, 0) is 19.1 Å². The van der Waals surface area contributed by atoms with E-state index in [1.54, 1.807) is 6.92 Å². The fourth-order valence-corrected chi connectivity index (χ4v) is 1.31. The summed E-state index contributed by atoms with van der Waals surface area (Å²) in [6.07, 6.45) is -2.84. The Balaban J connectivity index is 2.89. The number of hydrogen-bond acceptors (Lipinski definition) is 4. The number of ether oxygens (including phenoxy) is 1. The Labute approximate surface area is 92.9 Å². The summed E-state index contributed by atoms with van der Waals surface area (Å²) < 4.78 is 18.6. The van der Waals surface area contributed by atoms with Crippen LogP contribution < -0.4 is 4.74 Å². The van der Waals surface area contributed by atoms with Crippen LogP contribution in [0.15, 0.2) is 18.2 Å². The maximum Gasteiger partial charge on any atom is 0.132 e. The van der Waals surface area contributed by atoms with Gasteiger partial charge in [-0.15, -0.1) is 0 Å². The van der Waals surface area contributed by atoms with Crippen LogP contribution in [0.1, 0.15) is 18.6 Å². The highest BCUT2D eigenvalue weighted by molar-refractivity contribution is 5.30. The minimum Gasteiger partial charge on any atom is -0.494 e. The van der Waals surface area contributed by atoms with Crippen LogP contribution in [0.3, 0.4) is 0 Å². The third-order valence-corrected chi connectivity index (χ3v) is 2.15. The molecule has 1 aromatic rings. The van der Waals surface area contributed by atoms with Crippen LogP contribution >= 0.6 is 0 Å². The molecule has 0 amide bonds. The van der Waals surface area contributed by atoms with Crippen molar-refractivity contribution in [3.8, 4) is 5.75 Å². The van der Waals surface area contributed by atoms with Gasteiger partial charge in [0.2, 0.25) is 0 Å². The van der Waals surface area contributed by atoms with Crippen LogP contribution in [0.5, 0.6) is 5.75 Å². The monoisotopic (exact) mass is 230 g/mol. The maximum atomic E-state index is 13.5. The van der Waals surface area contributed by atoms with Gasteiger partial charge in [0.15, 0.2) is 0 Å². The third-order valence-electron chi connectivity index (χ3n) is 2.15. The highest BCUT2D eigenvalue weighted by atomic mass is 19.1. The summed E-state index contributed by atoms with van der Waals surface area (Å²) in [6, 6.07) is 3.95. The smallest absolute Gasteiger partial charge is 0.132 e. The molecule has 0 saturated heterocycles. The fraction of sp³-hybridized carbons (Fsp3) is 0.455. The lowest BCUT2D eigenvalue weighted by molar-refractivity contribution is -0.0168. The molecule has 1 rings (SSSR count). The topological polar surface area (TPSA) is 69.9 Å². The number of halogens is 1. The first-order chi connectivity index (χ1) is 7.60. The van der Waals surface area contributed by atoms with Gasteiger partial charge in [0.05, 0.1) is 13.2 Å². The van der Waals surface area contributed by atoms with E-state index in [1.165, 1.54) is 12.1 Å². The van der Waals surface area contributed by atoms with Crippen molar-refractivity contribution in [2.24, 2.45) is 0 Å². The van der Waals surface area contributed by atoms with Crippen LogP contribution in [-0.2, 0) is 0 Å². The highest BCUT2D eigenvalue weighted by Gasteiger charge is 2.21. The van der Waals surface area contributed by atoms with Crippen molar-refractivity contribution in [1.29, 1.82) is 0 Å². The van der Waals surface area contributed by atoms with Crippen LogP contribution in [0, 0.1) is 5.82 Å². The second-order valence-electron chi connectivity index (χ2n) is 3.31. The standard InChI is InChI=1S/C11H15FO4/c1-2-16-7-3-4-8(9(12)5-7)11(15)10(14)6-13/h3-5,10-11,13-15H,2,6H2,1H3. The molecule has 0 radical (unpaired) electrons. The summed E-state index contributed by atoms with van der Waals surface area (Å²) >= 11 is 0. The summed E-state index contributed by atoms with van der Waals surface area (Å²) in [4.78, 5) is 0. The maximum absolute atomic E-state index is 13.5. The lowest BCUT2D eigenvalue weighted by Crippen LogP contribution is -2.22. The number of rotatable bonds is 5. The zero-order valence-electron chi connectivity index (χ0n) is 8.93. The Hall–Kier alpha value is -1.17. The van der Waals surface area contributed by atoms with E-state index in [1.807, 2.05) is 0 Å². The van der Waals surface area contributed by atoms with E-state index in [0.29, 0.717) is 12.4 Å². The molecule has 90 valence electrons. The zero-order chi connectivity index (χ0) is 12.1. The van der Waals surface area contributed by atoms with Gasteiger partial charge in [0, 0.05) is 11.6 Å². The number of aliphatic hydroxyl groups is 3.